The standard InChI is InChI=1S/C31H35F3N4O4S/c1-20-25(21-10-12-22(32)13-11-21)19-35-27(38-16-7-14-31(33,34)15-17-38)26(20)28(39)36-23-8-6-9-24(18-23)43(5,41)37-29(40)42-30(2,3)4/h6,8-13,18-19H,7,14-17H2,1-5H3,(H,36,39). The lowest BCUT2D eigenvalue weighted by molar-refractivity contribution is -0.0102. The number of alkyl halides is 2. The first-order chi connectivity index (χ1) is 20.0. The summed E-state index contributed by atoms with van der Waals surface area (Å²) < 4.78 is 64.2. The Hall–Kier alpha value is -3.93. The third kappa shape index (κ3) is 8.13. The molecule has 2 heterocycles. The first kappa shape index (κ1) is 32.0. The summed E-state index contributed by atoms with van der Waals surface area (Å²) in [7, 11) is -3.22. The van der Waals surface area contributed by atoms with E-state index in [1.54, 1.807) is 63.1 Å². The molecule has 230 valence electrons. The van der Waals surface area contributed by atoms with Crippen LogP contribution in [0.5, 0.6) is 0 Å². The number of pyridine rings is 1. The largest absolute Gasteiger partial charge is 0.442 e. The lowest BCUT2D eigenvalue weighted by Crippen LogP contribution is -2.30. The molecular weight excluding hydrogens is 581 g/mol. The van der Waals surface area contributed by atoms with Crippen molar-refractivity contribution in [3.05, 3.63) is 71.7 Å². The van der Waals surface area contributed by atoms with E-state index in [1.165, 1.54) is 30.5 Å². The maximum Gasteiger partial charge on any atom is 0.442 e. The average molecular weight is 617 g/mol. The van der Waals surface area contributed by atoms with Gasteiger partial charge in [0, 0.05) is 54.5 Å². The molecule has 1 fully saturated rings. The number of carbonyl (C=O) groups excluding carboxylic acids is 2. The quantitative estimate of drug-likeness (QED) is 0.319. The molecule has 8 nitrogen and oxygen atoms in total. The van der Waals surface area contributed by atoms with Crippen LogP contribution in [0.25, 0.3) is 11.1 Å². The third-order valence-corrected chi connectivity index (χ3v) is 8.52. The molecule has 1 saturated heterocycles. The zero-order valence-corrected chi connectivity index (χ0v) is 25.6. The Kier molecular flexibility index (Phi) is 9.19. The van der Waals surface area contributed by atoms with Gasteiger partial charge in [0.2, 0.25) is 5.92 Å². The molecule has 2 aromatic carbocycles. The van der Waals surface area contributed by atoms with Gasteiger partial charge in [0.05, 0.1) is 15.3 Å². The van der Waals surface area contributed by atoms with Crippen molar-refractivity contribution in [3.63, 3.8) is 0 Å². The second-order valence-corrected chi connectivity index (χ2v) is 13.8. The molecule has 12 heteroatoms. The fourth-order valence-corrected chi connectivity index (χ4v) is 5.88. The minimum atomic E-state index is -3.22. The highest BCUT2D eigenvalue weighted by Gasteiger charge is 2.33. The molecule has 43 heavy (non-hydrogen) atoms. The number of nitrogens with zero attached hydrogens (tertiary/aromatic N) is 3. The van der Waals surface area contributed by atoms with Crippen LogP contribution in [0.15, 0.2) is 64.0 Å². The van der Waals surface area contributed by atoms with Gasteiger partial charge in [-0.3, -0.25) is 4.79 Å². The van der Waals surface area contributed by atoms with Gasteiger partial charge in [0.15, 0.2) is 0 Å². The second-order valence-electron chi connectivity index (χ2n) is 11.6. The van der Waals surface area contributed by atoms with Crippen molar-refractivity contribution in [1.82, 2.24) is 4.98 Å². The van der Waals surface area contributed by atoms with E-state index < -0.39 is 39.1 Å². The normalized spacial score (nSPS) is 16.5. The molecule has 2 amide bonds. The fraction of sp³-hybridized carbons (Fsp3) is 0.387. The monoisotopic (exact) mass is 616 g/mol. The summed E-state index contributed by atoms with van der Waals surface area (Å²) in [5.74, 6) is -3.53. The van der Waals surface area contributed by atoms with E-state index in [0.717, 1.165) is 0 Å². The SMILES string of the molecule is Cc1c(-c2ccc(F)cc2)cnc(N2CCCC(F)(F)CC2)c1C(=O)Nc1cccc(S(C)(=O)=NC(=O)OC(C)(C)C)c1. The summed E-state index contributed by atoms with van der Waals surface area (Å²) in [6.07, 6.45) is 1.48. The van der Waals surface area contributed by atoms with Gasteiger partial charge in [-0.2, -0.15) is 0 Å². The summed E-state index contributed by atoms with van der Waals surface area (Å²) in [4.78, 5) is 32.6. The first-order valence-electron chi connectivity index (χ1n) is 13.8. The molecule has 4 rings (SSSR count). The van der Waals surface area contributed by atoms with Crippen LogP contribution in [0, 0.1) is 12.7 Å². The zero-order chi connectivity index (χ0) is 31.6. The number of hydrogen-bond donors (Lipinski definition) is 1. The number of hydrogen-bond acceptors (Lipinski definition) is 6. The highest BCUT2D eigenvalue weighted by molar-refractivity contribution is 7.93. The maximum absolute atomic E-state index is 14.2. The van der Waals surface area contributed by atoms with E-state index in [4.69, 9.17) is 4.74 Å². The van der Waals surface area contributed by atoms with Gasteiger partial charge in [0.1, 0.15) is 17.2 Å². The number of halogens is 3. The molecule has 1 unspecified atom stereocenters. The van der Waals surface area contributed by atoms with Gasteiger partial charge in [-0.25, -0.2) is 27.2 Å². The Bertz CT molecular complexity index is 1650. The van der Waals surface area contributed by atoms with Crippen molar-refractivity contribution >= 4 is 33.2 Å². The van der Waals surface area contributed by atoms with Crippen molar-refractivity contribution in [1.29, 1.82) is 0 Å². The molecule has 1 aliphatic rings. The van der Waals surface area contributed by atoms with E-state index in [2.05, 4.69) is 14.7 Å². The summed E-state index contributed by atoms with van der Waals surface area (Å²) in [5, 5.41) is 2.81. The predicted molar refractivity (Wildman–Crippen MR) is 161 cm³/mol. The minimum Gasteiger partial charge on any atom is -0.442 e. The fourth-order valence-electron chi connectivity index (χ4n) is 4.78. The Morgan fingerprint density at radius 1 is 1.09 bits per heavy atom. The number of nitrogens with one attached hydrogen (secondary N) is 1. The van der Waals surface area contributed by atoms with Crippen LogP contribution in [-0.4, -0.2) is 52.1 Å². The van der Waals surface area contributed by atoms with Crippen molar-refractivity contribution in [2.45, 2.75) is 63.4 Å². The summed E-state index contributed by atoms with van der Waals surface area (Å²) in [6.45, 7) is 7.03. The Balaban J connectivity index is 1.72. The molecule has 0 radical (unpaired) electrons. The summed E-state index contributed by atoms with van der Waals surface area (Å²) in [6, 6.07) is 11.9. The van der Waals surface area contributed by atoms with Crippen molar-refractivity contribution in [2.75, 3.05) is 29.6 Å². The molecule has 0 spiro atoms. The third-order valence-electron chi connectivity index (χ3n) is 6.89. The Morgan fingerprint density at radius 3 is 2.47 bits per heavy atom. The van der Waals surface area contributed by atoms with Crippen molar-refractivity contribution in [2.24, 2.45) is 4.36 Å². The lowest BCUT2D eigenvalue weighted by Gasteiger charge is -2.26. The minimum absolute atomic E-state index is 0.00909. The van der Waals surface area contributed by atoms with Gasteiger partial charge in [-0.05, 0) is 75.6 Å². The van der Waals surface area contributed by atoms with Gasteiger partial charge in [-0.15, -0.1) is 4.36 Å². The Labute approximate surface area is 249 Å². The van der Waals surface area contributed by atoms with Gasteiger partial charge >= 0.3 is 6.09 Å². The van der Waals surface area contributed by atoms with Gasteiger partial charge in [0.25, 0.3) is 5.91 Å². The molecule has 3 aromatic rings. The molecule has 0 bridgehead atoms. The Morgan fingerprint density at radius 2 is 1.79 bits per heavy atom. The first-order valence-corrected chi connectivity index (χ1v) is 15.7. The van der Waals surface area contributed by atoms with Gasteiger partial charge < -0.3 is 15.0 Å². The molecule has 1 atom stereocenters. The number of ether oxygens (including phenoxy) is 1. The smallest absolute Gasteiger partial charge is 0.442 e. The highest BCUT2D eigenvalue weighted by atomic mass is 32.2. The van der Waals surface area contributed by atoms with Crippen molar-refractivity contribution < 1.29 is 31.7 Å². The maximum atomic E-state index is 14.2. The van der Waals surface area contributed by atoms with E-state index in [9.17, 15) is 27.0 Å². The number of amides is 2. The zero-order valence-electron chi connectivity index (χ0n) is 24.7. The lowest BCUT2D eigenvalue weighted by atomic mass is 9.97. The molecular formula is C31H35F3N4O4S. The van der Waals surface area contributed by atoms with Crippen LogP contribution in [0.4, 0.5) is 29.5 Å². The van der Waals surface area contributed by atoms with E-state index in [1.807, 2.05) is 0 Å². The topological polar surface area (TPSA) is 101 Å². The highest BCUT2D eigenvalue weighted by Crippen LogP contribution is 2.35. The van der Waals surface area contributed by atoms with Crippen LogP contribution in [0.1, 0.15) is 56.0 Å². The summed E-state index contributed by atoms with van der Waals surface area (Å²) in [5.41, 5.74) is 1.37. The van der Waals surface area contributed by atoms with Crippen molar-refractivity contribution in [3.8, 4) is 11.1 Å². The molecule has 0 saturated carbocycles. The molecule has 1 aliphatic heterocycles. The number of aromatic nitrogens is 1. The molecule has 0 aliphatic carbocycles. The summed E-state index contributed by atoms with van der Waals surface area (Å²) >= 11 is 0. The van der Waals surface area contributed by atoms with E-state index in [0.29, 0.717) is 16.7 Å². The number of anilines is 2. The number of rotatable bonds is 5. The molecule has 1 N–H and O–H groups in total. The van der Waals surface area contributed by atoms with Crippen LogP contribution < -0.4 is 10.2 Å². The van der Waals surface area contributed by atoms with Crippen LogP contribution >= 0.6 is 0 Å². The van der Waals surface area contributed by atoms with Crippen LogP contribution in [-0.2, 0) is 14.5 Å². The molecule has 1 aromatic heterocycles. The van der Waals surface area contributed by atoms with Crippen LogP contribution in [0.2, 0.25) is 0 Å². The van der Waals surface area contributed by atoms with Gasteiger partial charge in [-0.1, -0.05) is 18.2 Å². The number of benzene rings is 2. The average Bonchev–Trinajstić information content (AvgIpc) is 3.08. The van der Waals surface area contributed by atoms with E-state index in [-0.39, 0.29) is 54.3 Å². The van der Waals surface area contributed by atoms with E-state index >= 15 is 0 Å². The number of carbonyl (C=O) groups is 2. The van der Waals surface area contributed by atoms with Crippen LogP contribution in [0.3, 0.4) is 0 Å². The predicted octanol–water partition coefficient (Wildman–Crippen LogP) is 7.47. The second kappa shape index (κ2) is 12.4.